The van der Waals surface area contributed by atoms with Gasteiger partial charge < -0.3 is 5.11 Å². The van der Waals surface area contributed by atoms with Gasteiger partial charge in [0.1, 0.15) is 5.75 Å². The lowest BCUT2D eigenvalue weighted by atomic mass is 10.1. The topological polar surface area (TPSA) is 57.6 Å². The predicted octanol–water partition coefficient (Wildman–Crippen LogP) is 2.03. The highest BCUT2D eigenvalue weighted by Crippen LogP contribution is 2.36. The molecule has 1 N–H and O–H groups in total. The number of aromatic hydroxyl groups is 1. The number of phenolic OH excluding ortho intramolecular Hbond substituents is 1. The Balaban J connectivity index is 2.17. The molecule has 0 saturated carbocycles. The molecule has 1 aliphatic rings. The van der Waals surface area contributed by atoms with Crippen LogP contribution in [0.25, 0.3) is 0 Å². The summed E-state index contributed by atoms with van der Waals surface area (Å²) in [5, 5.41) is 9.28. The van der Waals surface area contributed by atoms with Gasteiger partial charge in [-0.25, -0.2) is 8.42 Å². The summed E-state index contributed by atoms with van der Waals surface area (Å²) in [6.45, 7) is 2.26. The maximum absolute atomic E-state index is 12.7. The molecule has 1 atom stereocenters. The third-order valence-corrected chi connectivity index (χ3v) is 5.35. The van der Waals surface area contributed by atoms with Crippen LogP contribution in [-0.4, -0.2) is 42.5 Å². The third kappa shape index (κ3) is 3.88. The molecule has 1 aliphatic heterocycles. The van der Waals surface area contributed by atoms with Crippen molar-refractivity contribution in [3.8, 4) is 5.75 Å². The van der Waals surface area contributed by atoms with E-state index in [9.17, 15) is 26.7 Å². The monoisotopic (exact) mass is 323 g/mol. The lowest BCUT2D eigenvalue weighted by molar-refractivity contribution is -0.138. The van der Waals surface area contributed by atoms with Crippen molar-refractivity contribution in [2.24, 2.45) is 0 Å². The molecule has 8 heteroatoms. The third-order valence-electron chi connectivity index (χ3n) is 3.56. The van der Waals surface area contributed by atoms with Crippen molar-refractivity contribution >= 4 is 9.84 Å². The number of sulfone groups is 1. The second kappa shape index (κ2) is 5.49. The van der Waals surface area contributed by atoms with E-state index >= 15 is 0 Å². The summed E-state index contributed by atoms with van der Waals surface area (Å²) in [4.78, 5) is 1.83. The molecular formula is C13H16F3NO3S. The number of halogens is 3. The van der Waals surface area contributed by atoms with E-state index < -0.39 is 27.3 Å². The minimum Gasteiger partial charge on any atom is -0.507 e. The molecule has 1 heterocycles. The molecule has 118 valence electrons. The van der Waals surface area contributed by atoms with E-state index in [0.29, 0.717) is 12.1 Å². The van der Waals surface area contributed by atoms with Gasteiger partial charge in [-0.1, -0.05) is 6.07 Å². The molecule has 1 unspecified atom stereocenters. The maximum atomic E-state index is 12.7. The zero-order chi connectivity index (χ0) is 15.8. The number of rotatable bonds is 2. The Morgan fingerprint density at radius 1 is 1.38 bits per heavy atom. The maximum Gasteiger partial charge on any atom is 0.419 e. The van der Waals surface area contributed by atoms with Crippen molar-refractivity contribution in [2.75, 3.05) is 18.1 Å². The van der Waals surface area contributed by atoms with Crippen LogP contribution in [0.3, 0.4) is 0 Å². The first-order chi connectivity index (χ1) is 9.58. The van der Waals surface area contributed by atoms with E-state index in [0.717, 1.165) is 12.1 Å². The first-order valence-corrected chi connectivity index (χ1v) is 8.24. The largest absolute Gasteiger partial charge is 0.507 e. The van der Waals surface area contributed by atoms with E-state index in [1.807, 2.05) is 4.90 Å². The molecule has 0 radical (unpaired) electrons. The van der Waals surface area contributed by atoms with E-state index in [1.165, 1.54) is 6.07 Å². The van der Waals surface area contributed by atoms with Gasteiger partial charge in [-0.2, -0.15) is 13.2 Å². The quantitative estimate of drug-likeness (QED) is 0.905. The van der Waals surface area contributed by atoms with Crippen molar-refractivity contribution < 1.29 is 26.7 Å². The average molecular weight is 323 g/mol. The molecule has 1 aromatic carbocycles. The van der Waals surface area contributed by atoms with E-state index in [2.05, 4.69) is 0 Å². The molecule has 4 nitrogen and oxygen atoms in total. The molecule has 0 aromatic heterocycles. The van der Waals surface area contributed by atoms with Crippen molar-refractivity contribution in [1.82, 2.24) is 4.90 Å². The van der Waals surface area contributed by atoms with Crippen molar-refractivity contribution in [2.45, 2.75) is 25.7 Å². The van der Waals surface area contributed by atoms with Crippen LogP contribution in [0.2, 0.25) is 0 Å². The highest BCUT2D eigenvalue weighted by atomic mass is 32.2. The highest BCUT2D eigenvalue weighted by molar-refractivity contribution is 7.91. The number of alkyl halides is 3. The molecular weight excluding hydrogens is 307 g/mol. The van der Waals surface area contributed by atoms with E-state index in [1.54, 1.807) is 6.92 Å². The number of benzene rings is 1. The van der Waals surface area contributed by atoms with Crippen LogP contribution in [0.1, 0.15) is 18.1 Å². The second-order valence-corrected chi connectivity index (χ2v) is 7.51. The Labute approximate surface area is 121 Å². The van der Waals surface area contributed by atoms with Crippen LogP contribution in [0.5, 0.6) is 5.75 Å². The van der Waals surface area contributed by atoms with Gasteiger partial charge in [-0.05, 0) is 24.6 Å². The van der Waals surface area contributed by atoms with Crippen LogP contribution in [0, 0.1) is 0 Å². The number of nitrogens with zero attached hydrogens (tertiary/aromatic N) is 1. The smallest absolute Gasteiger partial charge is 0.419 e. The lowest BCUT2D eigenvalue weighted by Gasteiger charge is -2.33. The number of phenols is 1. The molecule has 0 aliphatic carbocycles. The van der Waals surface area contributed by atoms with Crippen LogP contribution >= 0.6 is 0 Å². The van der Waals surface area contributed by atoms with Gasteiger partial charge >= 0.3 is 6.18 Å². The molecule has 0 spiro atoms. The Morgan fingerprint density at radius 3 is 2.62 bits per heavy atom. The van der Waals surface area contributed by atoms with Gasteiger partial charge in [0.2, 0.25) is 0 Å². The fourth-order valence-corrected chi connectivity index (χ4v) is 4.04. The van der Waals surface area contributed by atoms with E-state index in [-0.39, 0.29) is 24.1 Å². The van der Waals surface area contributed by atoms with Gasteiger partial charge in [0, 0.05) is 19.1 Å². The zero-order valence-corrected chi connectivity index (χ0v) is 12.2. The highest BCUT2D eigenvalue weighted by Gasteiger charge is 2.34. The Kier molecular flexibility index (Phi) is 4.21. The van der Waals surface area contributed by atoms with Gasteiger partial charge in [-0.15, -0.1) is 0 Å². The van der Waals surface area contributed by atoms with Crippen molar-refractivity contribution in [3.05, 3.63) is 29.3 Å². The molecule has 2 rings (SSSR count). The Hall–Kier alpha value is -1.28. The first kappa shape index (κ1) is 16.1. The molecule has 1 aromatic rings. The van der Waals surface area contributed by atoms with Crippen molar-refractivity contribution in [1.29, 1.82) is 0 Å². The Morgan fingerprint density at radius 2 is 2.05 bits per heavy atom. The molecule has 21 heavy (non-hydrogen) atoms. The summed E-state index contributed by atoms with van der Waals surface area (Å²) in [5.74, 6) is -0.779. The van der Waals surface area contributed by atoms with Gasteiger partial charge in [0.25, 0.3) is 0 Å². The van der Waals surface area contributed by atoms with Gasteiger partial charge in [0.15, 0.2) is 9.84 Å². The van der Waals surface area contributed by atoms with Crippen LogP contribution in [0.4, 0.5) is 13.2 Å². The summed E-state index contributed by atoms with van der Waals surface area (Å²) in [5.41, 5.74) is -0.677. The number of hydrogen-bond donors (Lipinski definition) is 1. The summed E-state index contributed by atoms with van der Waals surface area (Å²) in [7, 11) is -3.06. The summed E-state index contributed by atoms with van der Waals surface area (Å²) >= 11 is 0. The summed E-state index contributed by atoms with van der Waals surface area (Å²) in [6.07, 6.45) is -4.61. The lowest BCUT2D eigenvalue weighted by Crippen LogP contribution is -2.46. The van der Waals surface area contributed by atoms with Crippen LogP contribution in [0.15, 0.2) is 18.2 Å². The fraction of sp³-hybridized carbons (Fsp3) is 0.538. The SMILES string of the molecule is CC1CS(=O)(=O)CCN1Cc1ccc(O)c(C(F)(F)F)c1. The normalized spacial score (nSPS) is 23.1. The summed E-state index contributed by atoms with van der Waals surface area (Å²) in [6, 6.07) is 3.10. The zero-order valence-electron chi connectivity index (χ0n) is 11.4. The average Bonchev–Trinajstić information content (AvgIpc) is 2.33. The van der Waals surface area contributed by atoms with Crippen LogP contribution in [-0.2, 0) is 22.6 Å². The van der Waals surface area contributed by atoms with Gasteiger partial charge in [0.05, 0.1) is 17.1 Å². The molecule has 1 saturated heterocycles. The molecule has 0 amide bonds. The minimum atomic E-state index is -4.61. The molecule has 1 fully saturated rings. The molecule has 0 bridgehead atoms. The van der Waals surface area contributed by atoms with E-state index in [4.69, 9.17) is 0 Å². The standard InChI is InChI=1S/C13H16F3NO3S/c1-9-8-21(19,20)5-4-17(9)7-10-2-3-12(18)11(6-10)13(14,15)16/h2-3,6,9,18H,4-5,7-8H2,1H3. The first-order valence-electron chi connectivity index (χ1n) is 6.42. The summed E-state index contributed by atoms with van der Waals surface area (Å²) < 4.78 is 61.2. The Bertz CT molecular complexity index is 628. The van der Waals surface area contributed by atoms with Crippen LogP contribution < -0.4 is 0 Å². The number of hydrogen-bond acceptors (Lipinski definition) is 4. The predicted molar refractivity (Wildman–Crippen MR) is 71.6 cm³/mol. The van der Waals surface area contributed by atoms with Gasteiger partial charge in [-0.3, -0.25) is 4.90 Å². The second-order valence-electron chi connectivity index (χ2n) is 5.28. The fourth-order valence-electron chi connectivity index (χ4n) is 2.41. The van der Waals surface area contributed by atoms with Crippen molar-refractivity contribution in [3.63, 3.8) is 0 Å². The minimum absolute atomic E-state index is 0.0111.